The summed E-state index contributed by atoms with van der Waals surface area (Å²) >= 11 is 0. The van der Waals surface area contributed by atoms with E-state index < -0.39 is 5.97 Å². The molecule has 0 unspecified atom stereocenters. The summed E-state index contributed by atoms with van der Waals surface area (Å²) in [5.41, 5.74) is 0.887. The van der Waals surface area contributed by atoms with Crippen LogP contribution in [0.5, 0.6) is 5.75 Å². The lowest BCUT2D eigenvalue weighted by Crippen LogP contribution is -2.08. The standard InChI is InChI=1S/C13H18O5/c1-3-18-12-10(9-17-8-7-16-2)5-4-6-11(12)13(14)15/h4-6H,3,7-9H2,1-2H3,(H,14,15). The van der Waals surface area contributed by atoms with E-state index in [1.54, 1.807) is 19.2 Å². The van der Waals surface area contributed by atoms with Crippen LogP contribution in [0.15, 0.2) is 18.2 Å². The van der Waals surface area contributed by atoms with E-state index in [4.69, 9.17) is 19.3 Å². The quantitative estimate of drug-likeness (QED) is 0.718. The Kier molecular flexibility index (Phi) is 6.18. The number of para-hydroxylation sites is 1. The maximum Gasteiger partial charge on any atom is 0.339 e. The molecule has 0 radical (unpaired) electrons. The molecule has 0 bridgehead atoms. The summed E-state index contributed by atoms with van der Waals surface area (Å²) in [5, 5.41) is 9.09. The van der Waals surface area contributed by atoms with Crippen LogP contribution < -0.4 is 4.74 Å². The van der Waals surface area contributed by atoms with E-state index in [0.29, 0.717) is 32.2 Å². The van der Waals surface area contributed by atoms with Crippen LogP contribution >= 0.6 is 0 Å². The van der Waals surface area contributed by atoms with Crippen LogP contribution in [0.2, 0.25) is 0 Å². The number of carboxylic acids is 1. The first kappa shape index (κ1) is 14.5. The average Bonchev–Trinajstić information content (AvgIpc) is 2.36. The van der Waals surface area contributed by atoms with Crippen LogP contribution in [0.1, 0.15) is 22.8 Å². The smallest absolute Gasteiger partial charge is 0.339 e. The first-order valence-electron chi connectivity index (χ1n) is 5.75. The van der Waals surface area contributed by atoms with Gasteiger partial charge in [0.25, 0.3) is 0 Å². The second-order valence-corrected chi connectivity index (χ2v) is 3.58. The molecule has 0 aliphatic heterocycles. The number of rotatable bonds is 8. The number of aromatic carboxylic acids is 1. The molecule has 100 valence electrons. The molecule has 5 heteroatoms. The highest BCUT2D eigenvalue weighted by Gasteiger charge is 2.15. The largest absolute Gasteiger partial charge is 0.493 e. The van der Waals surface area contributed by atoms with Crippen LogP contribution in [-0.2, 0) is 16.1 Å². The molecule has 1 aromatic rings. The predicted octanol–water partition coefficient (Wildman–Crippen LogP) is 1.95. The van der Waals surface area contributed by atoms with Gasteiger partial charge in [0.1, 0.15) is 11.3 Å². The lowest BCUT2D eigenvalue weighted by molar-refractivity contribution is 0.0601. The minimum absolute atomic E-state index is 0.157. The molecular formula is C13H18O5. The van der Waals surface area contributed by atoms with Gasteiger partial charge in [-0.2, -0.15) is 0 Å². The zero-order valence-electron chi connectivity index (χ0n) is 10.6. The Morgan fingerprint density at radius 1 is 1.33 bits per heavy atom. The molecule has 0 amide bonds. The maximum atomic E-state index is 11.1. The van der Waals surface area contributed by atoms with Crippen molar-refractivity contribution in [2.45, 2.75) is 13.5 Å². The van der Waals surface area contributed by atoms with Gasteiger partial charge >= 0.3 is 5.97 Å². The van der Waals surface area contributed by atoms with Gasteiger partial charge < -0.3 is 19.3 Å². The highest BCUT2D eigenvalue weighted by Crippen LogP contribution is 2.25. The van der Waals surface area contributed by atoms with E-state index in [9.17, 15) is 4.79 Å². The number of methoxy groups -OCH3 is 1. The number of hydrogen-bond acceptors (Lipinski definition) is 4. The van der Waals surface area contributed by atoms with E-state index in [-0.39, 0.29) is 5.56 Å². The molecule has 0 saturated carbocycles. The molecule has 0 saturated heterocycles. The normalized spacial score (nSPS) is 10.3. The summed E-state index contributed by atoms with van der Waals surface area (Å²) in [7, 11) is 1.60. The van der Waals surface area contributed by atoms with E-state index in [1.807, 2.05) is 6.92 Å². The van der Waals surface area contributed by atoms with Gasteiger partial charge in [-0.05, 0) is 13.0 Å². The molecule has 0 aliphatic rings. The third kappa shape index (κ3) is 4.01. The second-order valence-electron chi connectivity index (χ2n) is 3.58. The molecule has 0 fully saturated rings. The Bertz CT molecular complexity index is 389. The summed E-state index contributed by atoms with van der Waals surface area (Å²) in [6.07, 6.45) is 0. The number of ether oxygens (including phenoxy) is 3. The maximum absolute atomic E-state index is 11.1. The Balaban J connectivity index is 2.81. The van der Waals surface area contributed by atoms with Crippen LogP contribution in [0.4, 0.5) is 0 Å². The lowest BCUT2D eigenvalue weighted by Gasteiger charge is -2.13. The van der Waals surface area contributed by atoms with Crippen molar-refractivity contribution in [1.82, 2.24) is 0 Å². The summed E-state index contributed by atoms with van der Waals surface area (Å²) in [6.45, 7) is 3.49. The van der Waals surface area contributed by atoms with Crippen LogP contribution in [0.3, 0.4) is 0 Å². The predicted molar refractivity (Wildman–Crippen MR) is 66.1 cm³/mol. The molecule has 18 heavy (non-hydrogen) atoms. The second kappa shape index (κ2) is 7.68. The molecule has 0 spiro atoms. The highest BCUT2D eigenvalue weighted by molar-refractivity contribution is 5.91. The third-order valence-corrected chi connectivity index (χ3v) is 2.31. The fourth-order valence-electron chi connectivity index (χ4n) is 1.51. The van der Waals surface area contributed by atoms with Crippen molar-refractivity contribution in [2.24, 2.45) is 0 Å². The Morgan fingerprint density at radius 3 is 2.72 bits per heavy atom. The van der Waals surface area contributed by atoms with Gasteiger partial charge in [-0.3, -0.25) is 0 Å². The molecule has 0 heterocycles. The fourth-order valence-corrected chi connectivity index (χ4v) is 1.51. The molecule has 1 rings (SSSR count). The number of carbonyl (C=O) groups is 1. The van der Waals surface area contributed by atoms with Gasteiger partial charge in [0.2, 0.25) is 0 Å². The van der Waals surface area contributed by atoms with Crippen molar-refractivity contribution < 1.29 is 24.1 Å². The molecule has 0 aliphatic carbocycles. The first-order valence-corrected chi connectivity index (χ1v) is 5.75. The van der Waals surface area contributed by atoms with Gasteiger partial charge in [0, 0.05) is 12.7 Å². The summed E-state index contributed by atoms with van der Waals surface area (Å²) in [6, 6.07) is 5.00. The SMILES string of the molecule is CCOc1c(COCCOC)cccc1C(=O)O. The zero-order chi connectivity index (χ0) is 13.4. The minimum atomic E-state index is -1.00. The van der Waals surface area contributed by atoms with Crippen LogP contribution in [-0.4, -0.2) is 38.0 Å². The van der Waals surface area contributed by atoms with Gasteiger partial charge in [0.15, 0.2) is 0 Å². The molecular weight excluding hydrogens is 236 g/mol. The fraction of sp³-hybridized carbons (Fsp3) is 0.462. The Labute approximate surface area is 106 Å². The summed E-state index contributed by atoms with van der Waals surface area (Å²) in [5.74, 6) is -0.623. The molecule has 5 nitrogen and oxygen atoms in total. The van der Waals surface area contributed by atoms with E-state index >= 15 is 0 Å². The topological polar surface area (TPSA) is 65.0 Å². The number of carboxylic acid groups (broad SMARTS) is 1. The highest BCUT2D eigenvalue weighted by atomic mass is 16.5. The first-order chi connectivity index (χ1) is 8.70. The van der Waals surface area contributed by atoms with Gasteiger partial charge in [-0.25, -0.2) is 4.79 Å². The van der Waals surface area contributed by atoms with E-state index in [2.05, 4.69) is 0 Å². The molecule has 1 N–H and O–H groups in total. The van der Waals surface area contributed by atoms with Crippen molar-refractivity contribution in [3.05, 3.63) is 29.3 Å². The van der Waals surface area contributed by atoms with Crippen molar-refractivity contribution in [3.63, 3.8) is 0 Å². The van der Waals surface area contributed by atoms with Gasteiger partial charge in [-0.15, -0.1) is 0 Å². The average molecular weight is 254 g/mol. The lowest BCUT2D eigenvalue weighted by atomic mass is 10.1. The number of hydrogen-bond donors (Lipinski definition) is 1. The van der Waals surface area contributed by atoms with Gasteiger partial charge in [-0.1, -0.05) is 12.1 Å². The van der Waals surface area contributed by atoms with Crippen molar-refractivity contribution in [2.75, 3.05) is 26.9 Å². The van der Waals surface area contributed by atoms with Crippen molar-refractivity contribution >= 4 is 5.97 Å². The molecule has 0 atom stereocenters. The zero-order valence-corrected chi connectivity index (χ0v) is 10.6. The van der Waals surface area contributed by atoms with Crippen molar-refractivity contribution in [1.29, 1.82) is 0 Å². The Morgan fingerprint density at radius 2 is 2.11 bits per heavy atom. The van der Waals surface area contributed by atoms with E-state index in [0.717, 1.165) is 5.56 Å². The minimum Gasteiger partial charge on any atom is -0.493 e. The summed E-state index contributed by atoms with van der Waals surface area (Å²) < 4.78 is 15.6. The number of benzene rings is 1. The molecule has 0 aromatic heterocycles. The molecule has 1 aromatic carbocycles. The van der Waals surface area contributed by atoms with Gasteiger partial charge in [0.05, 0.1) is 26.4 Å². The monoisotopic (exact) mass is 254 g/mol. The van der Waals surface area contributed by atoms with E-state index in [1.165, 1.54) is 6.07 Å². The Hall–Kier alpha value is -1.59. The summed E-state index contributed by atoms with van der Waals surface area (Å²) in [4.78, 5) is 11.1. The third-order valence-electron chi connectivity index (χ3n) is 2.31. The van der Waals surface area contributed by atoms with Crippen molar-refractivity contribution in [3.8, 4) is 5.75 Å². The van der Waals surface area contributed by atoms with Crippen LogP contribution in [0.25, 0.3) is 0 Å². The van der Waals surface area contributed by atoms with Crippen LogP contribution in [0, 0.1) is 0 Å².